The highest BCUT2D eigenvalue weighted by molar-refractivity contribution is 6.30. The van der Waals surface area contributed by atoms with Crippen LogP contribution >= 0.6 is 11.6 Å². The molecule has 0 amide bonds. The molecule has 0 saturated carbocycles. The maximum Gasteiger partial charge on any atom is 0.338 e. The maximum absolute atomic E-state index is 11.9. The van der Waals surface area contributed by atoms with Gasteiger partial charge in [0.15, 0.2) is 0 Å². The summed E-state index contributed by atoms with van der Waals surface area (Å²) in [7, 11) is 0. The average molecular weight is 339 g/mol. The van der Waals surface area contributed by atoms with Gasteiger partial charge in [-0.05, 0) is 57.2 Å². The van der Waals surface area contributed by atoms with E-state index in [0.717, 1.165) is 0 Å². The fourth-order valence-corrected chi connectivity index (χ4v) is 2.01. The minimum Gasteiger partial charge on any atom is -0.459 e. The van der Waals surface area contributed by atoms with Crippen molar-refractivity contribution in [3.05, 3.63) is 47.0 Å². The Bertz CT molecular complexity index is 600. The molecule has 23 heavy (non-hydrogen) atoms. The zero-order valence-electron chi connectivity index (χ0n) is 13.2. The topological polar surface area (TPSA) is 61.8 Å². The normalized spacial score (nSPS) is 21.3. The number of ether oxygens (including phenoxy) is 3. The van der Waals surface area contributed by atoms with Crippen LogP contribution in [-0.2, 0) is 19.0 Å². The van der Waals surface area contributed by atoms with Gasteiger partial charge in [0.05, 0.1) is 11.2 Å². The summed E-state index contributed by atoms with van der Waals surface area (Å²) >= 11 is 5.77. The summed E-state index contributed by atoms with van der Waals surface area (Å²) in [6.07, 6.45) is 1.43. The molecule has 1 heterocycles. The van der Waals surface area contributed by atoms with Crippen molar-refractivity contribution < 1.29 is 23.8 Å². The van der Waals surface area contributed by atoms with Gasteiger partial charge in [-0.2, -0.15) is 0 Å². The Morgan fingerprint density at radius 1 is 1.26 bits per heavy atom. The highest BCUT2D eigenvalue weighted by Crippen LogP contribution is 2.18. The molecule has 124 valence electrons. The van der Waals surface area contributed by atoms with Crippen LogP contribution in [0.2, 0.25) is 5.02 Å². The molecular formula is C17H19ClO5. The van der Waals surface area contributed by atoms with Crippen molar-refractivity contribution >= 4 is 23.4 Å². The van der Waals surface area contributed by atoms with E-state index in [2.05, 4.69) is 0 Å². The monoisotopic (exact) mass is 338 g/mol. The van der Waals surface area contributed by atoms with E-state index in [1.165, 1.54) is 6.08 Å². The van der Waals surface area contributed by atoms with Gasteiger partial charge >= 0.3 is 5.97 Å². The van der Waals surface area contributed by atoms with Crippen molar-refractivity contribution in [3.63, 3.8) is 0 Å². The third-order valence-corrected chi connectivity index (χ3v) is 3.18. The molecule has 0 N–H and O–H groups in total. The lowest BCUT2D eigenvalue weighted by Crippen LogP contribution is -2.40. The van der Waals surface area contributed by atoms with Crippen molar-refractivity contribution in [1.29, 1.82) is 0 Å². The first kappa shape index (κ1) is 17.7. The summed E-state index contributed by atoms with van der Waals surface area (Å²) < 4.78 is 16.3. The molecule has 0 radical (unpaired) electrons. The molecule has 1 aromatic carbocycles. The van der Waals surface area contributed by atoms with Crippen LogP contribution in [0.3, 0.4) is 0 Å². The van der Waals surface area contributed by atoms with Crippen LogP contribution in [0.1, 0.15) is 31.1 Å². The number of carbonyl (C=O) groups is 2. The van der Waals surface area contributed by atoms with Crippen LogP contribution in [-0.4, -0.2) is 36.4 Å². The van der Waals surface area contributed by atoms with Gasteiger partial charge in [-0.1, -0.05) is 11.6 Å². The third kappa shape index (κ3) is 5.46. The van der Waals surface area contributed by atoms with Gasteiger partial charge in [-0.15, -0.1) is 0 Å². The number of hydrogen-bond donors (Lipinski definition) is 0. The third-order valence-electron chi connectivity index (χ3n) is 2.93. The van der Waals surface area contributed by atoms with Gasteiger partial charge in [0.25, 0.3) is 0 Å². The van der Waals surface area contributed by atoms with E-state index in [4.69, 9.17) is 25.8 Å². The average Bonchev–Trinajstić information content (AvgIpc) is 2.47. The number of carbonyl (C=O) groups excluding carboxylic acids is 2. The molecule has 0 aliphatic carbocycles. The number of rotatable bonds is 4. The Morgan fingerprint density at radius 2 is 1.91 bits per heavy atom. The lowest BCUT2D eigenvalue weighted by atomic mass is 10.1. The smallest absolute Gasteiger partial charge is 0.338 e. The molecule has 0 fully saturated rings. The highest BCUT2D eigenvalue weighted by Gasteiger charge is 2.30. The first-order valence-corrected chi connectivity index (χ1v) is 7.60. The van der Waals surface area contributed by atoms with Gasteiger partial charge in [-0.3, -0.25) is 4.79 Å². The van der Waals surface area contributed by atoms with E-state index in [-0.39, 0.29) is 12.4 Å². The Balaban J connectivity index is 1.90. The zero-order valence-corrected chi connectivity index (χ0v) is 14.0. The zero-order chi connectivity index (χ0) is 17.0. The van der Waals surface area contributed by atoms with Gasteiger partial charge in [0, 0.05) is 5.02 Å². The molecule has 0 bridgehead atoms. The Hall–Kier alpha value is -1.69. The molecule has 1 aromatic rings. The van der Waals surface area contributed by atoms with Crippen LogP contribution < -0.4 is 0 Å². The lowest BCUT2D eigenvalue weighted by Gasteiger charge is -2.30. The van der Waals surface area contributed by atoms with E-state index in [1.807, 2.05) is 20.8 Å². The summed E-state index contributed by atoms with van der Waals surface area (Å²) in [6, 6.07) is 6.39. The van der Waals surface area contributed by atoms with Gasteiger partial charge in [0.1, 0.15) is 12.7 Å². The van der Waals surface area contributed by atoms with E-state index in [0.29, 0.717) is 10.6 Å². The Kier molecular flexibility index (Phi) is 5.57. The first-order valence-electron chi connectivity index (χ1n) is 7.22. The van der Waals surface area contributed by atoms with Gasteiger partial charge in [0.2, 0.25) is 12.1 Å². The number of esters is 1. The second-order valence-corrected chi connectivity index (χ2v) is 6.54. The SMILES string of the molecule is CC(C)(C)OC1OC(COC(=O)c2ccc(Cl)cc2)C=CC1=O. The fourth-order valence-electron chi connectivity index (χ4n) is 1.88. The minimum absolute atomic E-state index is 0.00472. The summed E-state index contributed by atoms with van der Waals surface area (Å²) in [5.74, 6) is -0.746. The molecule has 2 rings (SSSR count). The first-order chi connectivity index (χ1) is 10.7. The predicted molar refractivity (Wildman–Crippen MR) is 85.4 cm³/mol. The minimum atomic E-state index is -0.987. The van der Waals surface area contributed by atoms with Crippen LogP contribution in [0.5, 0.6) is 0 Å². The quantitative estimate of drug-likeness (QED) is 0.789. The van der Waals surface area contributed by atoms with E-state index < -0.39 is 24.0 Å². The molecule has 6 heteroatoms. The van der Waals surface area contributed by atoms with Crippen LogP contribution in [0.4, 0.5) is 0 Å². The summed E-state index contributed by atoms with van der Waals surface area (Å²) in [5, 5.41) is 0.542. The molecule has 2 unspecified atom stereocenters. The second-order valence-electron chi connectivity index (χ2n) is 6.10. The molecule has 0 spiro atoms. The Morgan fingerprint density at radius 3 is 2.52 bits per heavy atom. The van der Waals surface area contributed by atoms with Crippen LogP contribution in [0, 0.1) is 0 Å². The molecule has 1 aliphatic rings. The van der Waals surface area contributed by atoms with Gasteiger partial charge in [-0.25, -0.2) is 4.79 Å². The van der Waals surface area contributed by atoms with Crippen LogP contribution in [0.25, 0.3) is 0 Å². The van der Waals surface area contributed by atoms with Crippen molar-refractivity contribution in [2.45, 2.75) is 38.8 Å². The van der Waals surface area contributed by atoms with Crippen molar-refractivity contribution in [2.24, 2.45) is 0 Å². The molecule has 0 aromatic heterocycles. The Labute approximate surface area is 140 Å². The molecular weight excluding hydrogens is 320 g/mol. The maximum atomic E-state index is 11.9. The predicted octanol–water partition coefficient (Wildman–Crippen LogP) is 3.16. The molecule has 2 atom stereocenters. The number of hydrogen-bond acceptors (Lipinski definition) is 5. The molecule has 1 aliphatic heterocycles. The summed E-state index contributed by atoms with van der Waals surface area (Å²) in [5.41, 5.74) is -0.122. The lowest BCUT2D eigenvalue weighted by molar-refractivity contribution is -0.211. The van der Waals surface area contributed by atoms with Crippen LogP contribution in [0.15, 0.2) is 36.4 Å². The summed E-state index contributed by atoms with van der Waals surface area (Å²) in [6.45, 7) is 5.49. The number of benzene rings is 1. The standard InChI is InChI=1S/C17H19ClO5/c1-17(2,3)23-16-14(19)9-8-13(22-16)10-21-15(20)11-4-6-12(18)7-5-11/h4-9,13,16H,10H2,1-3H3. The van der Waals surface area contributed by atoms with Gasteiger partial charge < -0.3 is 14.2 Å². The largest absolute Gasteiger partial charge is 0.459 e. The summed E-state index contributed by atoms with van der Waals surface area (Å²) in [4.78, 5) is 23.7. The second kappa shape index (κ2) is 7.25. The van der Waals surface area contributed by atoms with Crippen molar-refractivity contribution in [1.82, 2.24) is 0 Å². The molecule has 0 saturated heterocycles. The van der Waals surface area contributed by atoms with E-state index in [9.17, 15) is 9.59 Å². The highest BCUT2D eigenvalue weighted by atomic mass is 35.5. The van der Waals surface area contributed by atoms with E-state index in [1.54, 1.807) is 30.3 Å². The van der Waals surface area contributed by atoms with Crippen molar-refractivity contribution in [3.8, 4) is 0 Å². The van der Waals surface area contributed by atoms with E-state index >= 15 is 0 Å². The fraction of sp³-hybridized carbons (Fsp3) is 0.412. The number of ketones is 1. The number of halogens is 1. The molecule has 5 nitrogen and oxygen atoms in total. The van der Waals surface area contributed by atoms with Crippen molar-refractivity contribution in [2.75, 3.05) is 6.61 Å².